The van der Waals surface area contributed by atoms with E-state index in [9.17, 15) is 14.4 Å². The van der Waals surface area contributed by atoms with Crippen molar-refractivity contribution in [2.24, 2.45) is 0 Å². The van der Waals surface area contributed by atoms with Gasteiger partial charge in [0.15, 0.2) is 6.61 Å². The van der Waals surface area contributed by atoms with Crippen molar-refractivity contribution in [1.82, 2.24) is 0 Å². The van der Waals surface area contributed by atoms with E-state index in [2.05, 4.69) is 0 Å². The fraction of sp³-hybridized carbons (Fsp3) is 0.286. The molecule has 0 saturated carbocycles. The van der Waals surface area contributed by atoms with Crippen LogP contribution in [-0.4, -0.2) is 37.5 Å². The first kappa shape index (κ1) is 19.9. The van der Waals surface area contributed by atoms with Crippen LogP contribution in [0.4, 0.5) is 11.4 Å². The Labute approximate surface area is 168 Å². The first-order chi connectivity index (χ1) is 13.5. The Bertz CT molecular complexity index is 885. The molecule has 0 bridgehead atoms. The second kappa shape index (κ2) is 8.89. The van der Waals surface area contributed by atoms with Crippen molar-refractivity contribution >= 4 is 40.8 Å². The van der Waals surface area contributed by atoms with Crippen molar-refractivity contribution in [3.63, 3.8) is 0 Å². The molecular weight excluding hydrogens is 380 g/mol. The molecule has 0 spiro atoms. The molecule has 6 nitrogen and oxygen atoms in total. The second-order valence-electron chi connectivity index (χ2n) is 6.36. The van der Waals surface area contributed by atoms with Gasteiger partial charge in [0.1, 0.15) is 0 Å². The number of amides is 2. The van der Waals surface area contributed by atoms with Crippen LogP contribution in [0.5, 0.6) is 0 Å². The van der Waals surface area contributed by atoms with Gasteiger partial charge >= 0.3 is 5.97 Å². The SMILES string of the molecule is CCN(C(=O)COC(=O)c1ccc(Cl)c(N2CCCC2=O)c1)c1ccccc1. The molecule has 0 radical (unpaired) electrons. The molecule has 28 heavy (non-hydrogen) atoms. The molecule has 1 heterocycles. The van der Waals surface area contributed by atoms with E-state index in [1.807, 2.05) is 37.3 Å². The lowest BCUT2D eigenvalue weighted by Crippen LogP contribution is -2.34. The lowest BCUT2D eigenvalue weighted by molar-refractivity contribution is -0.121. The Morgan fingerprint density at radius 2 is 1.93 bits per heavy atom. The number of para-hydroxylation sites is 1. The van der Waals surface area contributed by atoms with Crippen molar-refractivity contribution in [3.8, 4) is 0 Å². The zero-order chi connectivity index (χ0) is 20.1. The summed E-state index contributed by atoms with van der Waals surface area (Å²) >= 11 is 6.20. The van der Waals surface area contributed by atoms with Gasteiger partial charge in [0.05, 0.1) is 16.3 Å². The summed E-state index contributed by atoms with van der Waals surface area (Å²) in [6.45, 7) is 2.51. The van der Waals surface area contributed by atoms with Crippen LogP contribution in [0.15, 0.2) is 48.5 Å². The molecule has 0 atom stereocenters. The summed E-state index contributed by atoms with van der Waals surface area (Å²) in [5.74, 6) is -0.975. The van der Waals surface area contributed by atoms with E-state index in [-0.39, 0.29) is 24.0 Å². The van der Waals surface area contributed by atoms with Crippen molar-refractivity contribution in [2.45, 2.75) is 19.8 Å². The van der Waals surface area contributed by atoms with Crippen LogP contribution in [-0.2, 0) is 14.3 Å². The molecule has 146 valence electrons. The minimum absolute atomic E-state index is 0.0240. The van der Waals surface area contributed by atoms with Gasteiger partial charge in [-0.1, -0.05) is 29.8 Å². The molecule has 0 aliphatic carbocycles. The average molecular weight is 401 g/mol. The summed E-state index contributed by atoms with van der Waals surface area (Å²) in [7, 11) is 0. The van der Waals surface area contributed by atoms with Crippen LogP contribution in [0.1, 0.15) is 30.1 Å². The van der Waals surface area contributed by atoms with Crippen molar-refractivity contribution in [2.75, 3.05) is 29.5 Å². The normalized spacial score (nSPS) is 13.5. The molecule has 2 aromatic carbocycles. The maximum absolute atomic E-state index is 12.5. The topological polar surface area (TPSA) is 66.9 Å². The second-order valence-corrected chi connectivity index (χ2v) is 6.77. The molecule has 7 heteroatoms. The largest absolute Gasteiger partial charge is 0.452 e. The van der Waals surface area contributed by atoms with E-state index in [0.717, 1.165) is 12.1 Å². The number of likely N-dealkylation sites (N-methyl/N-ethyl adjacent to an activating group) is 1. The number of hydrogen-bond donors (Lipinski definition) is 0. The Morgan fingerprint density at radius 3 is 2.57 bits per heavy atom. The number of rotatable bonds is 6. The maximum atomic E-state index is 12.5. The van der Waals surface area contributed by atoms with Gasteiger partial charge in [-0.3, -0.25) is 9.59 Å². The molecule has 1 aliphatic rings. The van der Waals surface area contributed by atoms with Crippen LogP contribution in [0.3, 0.4) is 0 Å². The number of benzene rings is 2. The third-order valence-corrected chi connectivity index (χ3v) is 4.88. The number of ether oxygens (including phenoxy) is 1. The van der Waals surface area contributed by atoms with Crippen molar-refractivity contribution < 1.29 is 19.1 Å². The van der Waals surface area contributed by atoms with Gasteiger partial charge in [-0.15, -0.1) is 0 Å². The van der Waals surface area contributed by atoms with Crippen LogP contribution < -0.4 is 9.80 Å². The molecule has 2 amide bonds. The highest BCUT2D eigenvalue weighted by atomic mass is 35.5. The van der Waals surface area contributed by atoms with Crippen LogP contribution in [0, 0.1) is 0 Å². The van der Waals surface area contributed by atoms with Gasteiger partial charge in [-0.2, -0.15) is 0 Å². The third kappa shape index (κ3) is 4.34. The summed E-state index contributed by atoms with van der Waals surface area (Å²) < 4.78 is 5.20. The standard InChI is InChI=1S/C21H21ClN2O4/c1-2-23(16-7-4-3-5-8-16)20(26)14-28-21(27)15-10-11-17(22)18(13-15)24-12-6-9-19(24)25/h3-5,7-8,10-11,13H,2,6,9,12,14H2,1H3. The Hall–Kier alpha value is -2.86. The van der Waals surface area contributed by atoms with Gasteiger partial charge < -0.3 is 14.5 Å². The van der Waals surface area contributed by atoms with Crippen molar-refractivity contribution in [1.29, 1.82) is 0 Å². The Balaban J connectivity index is 1.68. The molecule has 1 saturated heterocycles. The molecule has 2 aromatic rings. The molecule has 0 unspecified atom stereocenters. The van der Waals surface area contributed by atoms with E-state index in [1.165, 1.54) is 12.1 Å². The van der Waals surface area contributed by atoms with E-state index in [0.29, 0.717) is 30.2 Å². The fourth-order valence-corrected chi connectivity index (χ4v) is 3.37. The number of anilines is 2. The number of esters is 1. The highest BCUT2D eigenvalue weighted by Gasteiger charge is 2.25. The highest BCUT2D eigenvalue weighted by molar-refractivity contribution is 6.34. The molecule has 0 aromatic heterocycles. The lowest BCUT2D eigenvalue weighted by Gasteiger charge is -2.21. The minimum Gasteiger partial charge on any atom is -0.452 e. The molecule has 0 N–H and O–H groups in total. The summed E-state index contributed by atoms with van der Waals surface area (Å²) in [6, 6.07) is 13.8. The molecular formula is C21H21ClN2O4. The van der Waals surface area contributed by atoms with Gasteiger partial charge in [0, 0.05) is 25.2 Å². The Kier molecular flexibility index (Phi) is 6.31. The molecule has 1 aliphatic heterocycles. The predicted molar refractivity (Wildman–Crippen MR) is 108 cm³/mol. The monoisotopic (exact) mass is 400 g/mol. The van der Waals surface area contributed by atoms with E-state index in [4.69, 9.17) is 16.3 Å². The summed E-state index contributed by atoms with van der Waals surface area (Å²) in [5, 5.41) is 0.393. The number of carbonyl (C=O) groups is 3. The van der Waals surface area contributed by atoms with Gasteiger partial charge in [-0.25, -0.2) is 4.79 Å². The number of halogens is 1. The molecule has 1 fully saturated rings. The third-order valence-electron chi connectivity index (χ3n) is 4.56. The minimum atomic E-state index is -0.637. The highest BCUT2D eigenvalue weighted by Crippen LogP contribution is 2.30. The Morgan fingerprint density at radius 1 is 1.18 bits per heavy atom. The number of hydrogen-bond acceptors (Lipinski definition) is 4. The number of carbonyl (C=O) groups excluding carboxylic acids is 3. The quantitative estimate of drug-likeness (QED) is 0.694. The maximum Gasteiger partial charge on any atom is 0.338 e. The van der Waals surface area contributed by atoms with E-state index in [1.54, 1.807) is 15.9 Å². The van der Waals surface area contributed by atoms with E-state index >= 15 is 0 Å². The first-order valence-electron chi connectivity index (χ1n) is 9.13. The first-order valence-corrected chi connectivity index (χ1v) is 9.51. The predicted octanol–water partition coefficient (Wildman–Crippen LogP) is 3.68. The lowest BCUT2D eigenvalue weighted by atomic mass is 10.2. The van der Waals surface area contributed by atoms with Gasteiger partial charge in [-0.05, 0) is 43.7 Å². The average Bonchev–Trinajstić information content (AvgIpc) is 3.13. The summed E-state index contributed by atoms with van der Waals surface area (Å²) in [5.41, 5.74) is 1.48. The zero-order valence-corrected chi connectivity index (χ0v) is 16.3. The fourth-order valence-electron chi connectivity index (χ4n) is 3.15. The number of nitrogens with zero attached hydrogens (tertiary/aromatic N) is 2. The van der Waals surface area contributed by atoms with Crippen LogP contribution in [0.2, 0.25) is 5.02 Å². The van der Waals surface area contributed by atoms with E-state index < -0.39 is 5.97 Å². The zero-order valence-electron chi connectivity index (χ0n) is 15.6. The van der Waals surface area contributed by atoms with Gasteiger partial charge in [0.25, 0.3) is 5.91 Å². The van der Waals surface area contributed by atoms with Gasteiger partial charge in [0.2, 0.25) is 5.91 Å². The van der Waals surface area contributed by atoms with Crippen LogP contribution >= 0.6 is 11.6 Å². The smallest absolute Gasteiger partial charge is 0.338 e. The van der Waals surface area contributed by atoms with Crippen LogP contribution in [0.25, 0.3) is 0 Å². The molecule has 3 rings (SSSR count). The van der Waals surface area contributed by atoms with Crippen molar-refractivity contribution in [3.05, 3.63) is 59.1 Å². The summed E-state index contributed by atoms with van der Waals surface area (Å²) in [6.07, 6.45) is 1.22. The summed E-state index contributed by atoms with van der Waals surface area (Å²) in [4.78, 5) is 40.0.